The second-order valence-electron chi connectivity index (χ2n) is 3.97. The van der Waals surface area contributed by atoms with Crippen LogP contribution in [0, 0.1) is 0 Å². The topological polar surface area (TPSA) is 30.2 Å². The Kier molecular flexibility index (Phi) is 2.76. The maximum atomic E-state index is 11.5. The van der Waals surface area contributed by atoms with E-state index < -0.39 is 0 Å². The van der Waals surface area contributed by atoms with Gasteiger partial charge in [0.25, 0.3) is 0 Å². The summed E-state index contributed by atoms with van der Waals surface area (Å²) >= 11 is 3.22. The van der Waals surface area contributed by atoms with Crippen molar-refractivity contribution in [2.45, 2.75) is 0 Å². The van der Waals surface area contributed by atoms with E-state index in [9.17, 15) is 4.79 Å². The Morgan fingerprint density at radius 2 is 1.72 bits per heavy atom. The first-order valence-electron chi connectivity index (χ1n) is 5.53. The molecule has 18 heavy (non-hydrogen) atoms. The first-order chi connectivity index (χ1) is 8.75. The molecule has 0 aliphatic rings. The molecule has 2 aromatic carbocycles. The van der Waals surface area contributed by atoms with Crippen LogP contribution in [0.3, 0.4) is 0 Å². The van der Waals surface area contributed by atoms with Gasteiger partial charge in [0.15, 0.2) is 0 Å². The number of hydrogen-bond donors (Lipinski definition) is 0. The maximum Gasteiger partial charge on any atom is 0.350 e. The van der Waals surface area contributed by atoms with Gasteiger partial charge < -0.3 is 4.42 Å². The Labute approximate surface area is 112 Å². The largest absolute Gasteiger partial charge is 0.422 e. The number of hydrogen-bond acceptors (Lipinski definition) is 2. The summed E-state index contributed by atoms with van der Waals surface area (Å²) in [5.74, 6) is 0. The summed E-state index contributed by atoms with van der Waals surface area (Å²) in [4.78, 5) is 11.5. The average Bonchev–Trinajstić information content (AvgIpc) is 2.40. The molecular weight excluding hydrogens is 292 g/mol. The predicted molar refractivity (Wildman–Crippen MR) is 75.6 cm³/mol. The molecular formula is C15H9BrO2. The van der Waals surface area contributed by atoms with Crippen LogP contribution in [-0.2, 0) is 0 Å². The summed E-state index contributed by atoms with van der Waals surface area (Å²) in [5, 5.41) is 0.926. The first kappa shape index (κ1) is 11.2. The summed E-state index contributed by atoms with van der Waals surface area (Å²) in [6, 6.07) is 17.5. The van der Waals surface area contributed by atoms with Gasteiger partial charge in [-0.2, -0.15) is 0 Å². The maximum absolute atomic E-state index is 11.5. The van der Waals surface area contributed by atoms with E-state index >= 15 is 0 Å². The molecule has 0 spiro atoms. The number of halogens is 1. The third-order valence-electron chi connectivity index (χ3n) is 2.82. The second-order valence-corrected chi connectivity index (χ2v) is 4.82. The van der Waals surface area contributed by atoms with E-state index in [2.05, 4.69) is 15.9 Å². The van der Waals surface area contributed by atoms with Crippen LogP contribution in [-0.4, -0.2) is 0 Å². The zero-order chi connectivity index (χ0) is 12.5. The SMILES string of the molecule is O=c1oc2cccc(-c3ccccc3)c2cc1Br. The highest BCUT2D eigenvalue weighted by Gasteiger charge is 2.07. The van der Waals surface area contributed by atoms with Crippen LogP contribution in [0.2, 0.25) is 0 Å². The van der Waals surface area contributed by atoms with Crippen LogP contribution in [0.4, 0.5) is 0 Å². The van der Waals surface area contributed by atoms with E-state index in [0.29, 0.717) is 10.1 Å². The number of benzene rings is 2. The van der Waals surface area contributed by atoms with Crippen LogP contribution < -0.4 is 5.63 Å². The summed E-state index contributed by atoms with van der Waals surface area (Å²) in [6.45, 7) is 0. The van der Waals surface area contributed by atoms with Gasteiger partial charge >= 0.3 is 5.63 Å². The molecule has 3 aromatic rings. The van der Waals surface area contributed by atoms with Crippen molar-refractivity contribution in [3.8, 4) is 11.1 Å². The summed E-state index contributed by atoms with van der Waals surface area (Å²) < 4.78 is 5.70. The molecule has 2 nitrogen and oxygen atoms in total. The van der Waals surface area contributed by atoms with Crippen molar-refractivity contribution in [2.75, 3.05) is 0 Å². The Morgan fingerprint density at radius 3 is 2.50 bits per heavy atom. The lowest BCUT2D eigenvalue weighted by Gasteiger charge is -2.05. The molecule has 0 aliphatic heterocycles. The van der Waals surface area contributed by atoms with Gasteiger partial charge in [0.2, 0.25) is 0 Å². The minimum atomic E-state index is -0.354. The van der Waals surface area contributed by atoms with E-state index in [4.69, 9.17) is 4.42 Å². The Balaban J connectivity index is 2.37. The zero-order valence-electron chi connectivity index (χ0n) is 9.39. The molecule has 0 saturated heterocycles. The normalized spacial score (nSPS) is 10.7. The van der Waals surface area contributed by atoms with Crippen molar-refractivity contribution in [1.29, 1.82) is 0 Å². The van der Waals surface area contributed by atoms with Gasteiger partial charge in [0.05, 0.1) is 0 Å². The summed E-state index contributed by atoms with van der Waals surface area (Å²) in [6.07, 6.45) is 0. The van der Waals surface area contributed by atoms with E-state index in [-0.39, 0.29) is 5.63 Å². The van der Waals surface area contributed by atoms with Gasteiger partial charge in [0, 0.05) is 5.39 Å². The van der Waals surface area contributed by atoms with Crippen LogP contribution in [0.15, 0.2) is 68.3 Å². The molecule has 0 N–H and O–H groups in total. The van der Waals surface area contributed by atoms with Crippen molar-refractivity contribution in [3.63, 3.8) is 0 Å². The lowest BCUT2D eigenvalue weighted by Crippen LogP contribution is -1.99. The van der Waals surface area contributed by atoms with E-state index in [1.165, 1.54) is 0 Å². The molecule has 0 atom stereocenters. The smallest absolute Gasteiger partial charge is 0.350 e. The third kappa shape index (κ3) is 1.87. The van der Waals surface area contributed by atoms with Crippen LogP contribution in [0.5, 0.6) is 0 Å². The quantitative estimate of drug-likeness (QED) is 0.630. The van der Waals surface area contributed by atoms with Crippen molar-refractivity contribution >= 4 is 26.9 Å². The molecule has 3 heteroatoms. The fraction of sp³-hybridized carbons (Fsp3) is 0. The van der Waals surface area contributed by atoms with Crippen molar-refractivity contribution in [1.82, 2.24) is 0 Å². The molecule has 0 bridgehead atoms. The highest BCUT2D eigenvalue weighted by molar-refractivity contribution is 9.10. The van der Waals surface area contributed by atoms with E-state index in [0.717, 1.165) is 16.5 Å². The molecule has 3 rings (SSSR count). The fourth-order valence-electron chi connectivity index (χ4n) is 1.99. The number of fused-ring (bicyclic) bond motifs is 1. The molecule has 0 fully saturated rings. The van der Waals surface area contributed by atoms with E-state index in [1.54, 1.807) is 6.07 Å². The van der Waals surface area contributed by atoms with Crippen molar-refractivity contribution in [2.24, 2.45) is 0 Å². The average molecular weight is 301 g/mol. The van der Waals surface area contributed by atoms with Crippen molar-refractivity contribution in [3.05, 3.63) is 69.5 Å². The summed E-state index contributed by atoms with van der Waals surface area (Å²) in [7, 11) is 0. The molecule has 0 saturated carbocycles. The van der Waals surface area contributed by atoms with Crippen LogP contribution in [0.25, 0.3) is 22.1 Å². The molecule has 0 aliphatic carbocycles. The van der Waals surface area contributed by atoms with Gasteiger partial charge in [-0.25, -0.2) is 4.79 Å². The molecule has 0 unspecified atom stereocenters. The first-order valence-corrected chi connectivity index (χ1v) is 6.33. The van der Waals surface area contributed by atoms with Crippen LogP contribution in [0.1, 0.15) is 0 Å². The Hall–Kier alpha value is -1.87. The highest BCUT2D eigenvalue weighted by Crippen LogP contribution is 2.29. The number of rotatable bonds is 1. The third-order valence-corrected chi connectivity index (χ3v) is 3.37. The van der Waals surface area contributed by atoms with Gasteiger partial charge in [-0.05, 0) is 39.2 Å². The van der Waals surface area contributed by atoms with Crippen molar-refractivity contribution < 1.29 is 4.42 Å². The standard InChI is InChI=1S/C15H9BrO2/c16-13-9-12-11(10-5-2-1-3-6-10)7-4-8-14(12)18-15(13)17/h1-9H. The molecule has 0 radical (unpaired) electrons. The Bertz CT molecular complexity index is 760. The van der Waals surface area contributed by atoms with Crippen LogP contribution >= 0.6 is 15.9 Å². The molecule has 1 aromatic heterocycles. The predicted octanol–water partition coefficient (Wildman–Crippen LogP) is 4.22. The van der Waals surface area contributed by atoms with E-state index in [1.807, 2.05) is 48.5 Å². The van der Waals surface area contributed by atoms with Gasteiger partial charge in [-0.3, -0.25) is 0 Å². The molecule has 0 amide bonds. The van der Waals surface area contributed by atoms with Gasteiger partial charge in [0.1, 0.15) is 10.1 Å². The molecule has 88 valence electrons. The van der Waals surface area contributed by atoms with Gasteiger partial charge in [-0.1, -0.05) is 42.5 Å². The zero-order valence-corrected chi connectivity index (χ0v) is 11.0. The fourth-order valence-corrected chi connectivity index (χ4v) is 2.30. The minimum Gasteiger partial charge on any atom is -0.422 e. The monoisotopic (exact) mass is 300 g/mol. The minimum absolute atomic E-state index is 0.354. The summed E-state index contributed by atoms with van der Waals surface area (Å²) in [5.41, 5.74) is 2.40. The lowest BCUT2D eigenvalue weighted by molar-refractivity contribution is 0.556. The lowest BCUT2D eigenvalue weighted by atomic mass is 10.0. The Morgan fingerprint density at radius 1 is 0.944 bits per heavy atom. The highest BCUT2D eigenvalue weighted by atomic mass is 79.9. The molecule has 1 heterocycles. The second kappa shape index (κ2) is 4.42. The van der Waals surface area contributed by atoms with Gasteiger partial charge in [-0.15, -0.1) is 0 Å².